The molecule has 1 N–H and O–H groups in total. The Morgan fingerprint density at radius 2 is 2.09 bits per heavy atom. The molecule has 1 aromatic carbocycles. The molecule has 33 heavy (non-hydrogen) atoms. The first-order chi connectivity index (χ1) is 16.0. The lowest BCUT2D eigenvalue weighted by molar-refractivity contribution is -0.140. The number of hydrogen-bond acceptors (Lipinski definition) is 5. The summed E-state index contributed by atoms with van der Waals surface area (Å²) < 4.78 is 11.5. The molecule has 1 aromatic rings. The van der Waals surface area contributed by atoms with Crippen molar-refractivity contribution >= 4 is 17.7 Å². The Balaban J connectivity index is 1.23. The van der Waals surface area contributed by atoms with E-state index in [1.807, 2.05) is 23.1 Å². The Kier molecular flexibility index (Phi) is 6.10. The van der Waals surface area contributed by atoms with Crippen molar-refractivity contribution in [2.75, 3.05) is 26.4 Å². The molecule has 3 saturated heterocycles. The van der Waals surface area contributed by atoms with Gasteiger partial charge >= 0.3 is 0 Å². The summed E-state index contributed by atoms with van der Waals surface area (Å²) in [6.45, 7) is 6.83. The first kappa shape index (κ1) is 21.9. The number of carbonyl (C=O) groups is 3. The van der Waals surface area contributed by atoms with E-state index < -0.39 is 0 Å². The van der Waals surface area contributed by atoms with Gasteiger partial charge in [-0.25, -0.2) is 0 Å². The zero-order valence-corrected chi connectivity index (χ0v) is 18.9. The van der Waals surface area contributed by atoms with E-state index in [2.05, 4.69) is 11.9 Å². The number of ether oxygens (including phenoxy) is 2. The van der Waals surface area contributed by atoms with E-state index in [0.717, 1.165) is 37.8 Å². The molecule has 4 aliphatic rings. The van der Waals surface area contributed by atoms with E-state index in [0.29, 0.717) is 56.2 Å². The van der Waals surface area contributed by atoms with Gasteiger partial charge < -0.3 is 24.6 Å². The van der Waals surface area contributed by atoms with E-state index in [4.69, 9.17) is 9.47 Å². The fourth-order valence-corrected chi connectivity index (χ4v) is 5.39. The van der Waals surface area contributed by atoms with E-state index in [1.54, 1.807) is 4.90 Å². The van der Waals surface area contributed by atoms with Gasteiger partial charge in [0.2, 0.25) is 11.8 Å². The molecule has 0 saturated carbocycles. The molecule has 3 fully saturated rings. The van der Waals surface area contributed by atoms with Gasteiger partial charge in [0.05, 0.1) is 24.6 Å². The third-order valence-electron chi connectivity index (χ3n) is 7.26. The summed E-state index contributed by atoms with van der Waals surface area (Å²) in [5.41, 5.74) is 2.17. The maximum atomic E-state index is 13.0. The summed E-state index contributed by atoms with van der Waals surface area (Å²) in [5.74, 6) is 0.785. The number of nitrogens with one attached hydrogen (secondary N) is 1. The van der Waals surface area contributed by atoms with Crippen molar-refractivity contribution in [1.29, 1.82) is 0 Å². The number of benzene rings is 1. The molecule has 0 spiro atoms. The highest BCUT2D eigenvalue weighted by Crippen LogP contribution is 2.32. The Morgan fingerprint density at radius 1 is 1.21 bits per heavy atom. The summed E-state index contributed by atoms with van der Waals surface area (Å²) in [7, 11) is 0. The van der Waals surface area contributed by atoms with Crippen LogP contribution in [0.5, 0.6) is 5.75 Å². The van der Waals surface area contributed by atoms with Gasteiger partial charge in [-0.2, -0.15) is 0 Å². The molecule has 8 nitrogen and oxygen atoms in total. The molecule has 0 bridgehead atoms. The van der Waals surface area contributed by atoms with Crippen LogP contribution in [0.25, 0.3) is 0 Å². The van der Waals surface area contributed by atoms with Crippen LogP contribution in [0.3, 0.4) is 0 Å². The number of nitrogens with zero attached hydrogens (tertiary/aromatic N) is 2. The normalized spacial score (nSPS) is 27.5. The molecule has 0 radical (unpaired) electrons. The Morgan fingerprint density at radius 3 is 2.88 bits per heavy atom. The largest absolute Gasteiger partial charge is 0.491 e. The second-order valence-electron chi connectivity index (χ2n) is 9.43. The van der Waals surface area contributed by atoms with Crippen molar-refractivity contribution in [3.63, 3.8) is 0 Å². The average Bonchev–Trinajstić information content (AvgIpc) is 3.46. The van der Waals surface area contributed by atoms with Crippen LogP contribution >= 0.6 is 0 Å². The molecule has 1 unspecified atom stereocenters. The summed E-state index contributed by atoms with van der Waals surface area (Å²) in [4.78, 5) is 41.3. The minimum absolute atomic E-state index is 0.0260. The standard InChI is InChI=1S/C25H31N3O5/c1-16-22(7-8-23(29)26-16)28-13-18-12-20(5-6-21(18)25(28)31)33-15-19-4-2-3-10-27(19)24(30)17-9-11-32-14-17/h5-6,12,17,19,22H,1-4,7-11,13-15H2,(H,26,29)/t17-,19+,22?/m0/s1. The number of fused-ring (bicyclic) bond motifs is 1. The van der Waals surface area contributed by atoms with Crippen molar-refractivity contribution < 1.29 is 23.9 Å². The number of carbonyl (C=O) groups excluding carboxylic acids is 3. The number of hydrogen-bond donors (Lipinski definition) is 1. The highest BCUT2D eigenvalue weighted by atomic mass is 16.5. The lowest BCUT2D eigenvalue weighted by Crippen LogP contribution is -2.49. The van der Waals surface area contributed by atoms with Gasteiger partial charge in [0, 0.05) is 37.4 Å². The van der Waals surface area contributed by atoms with Crippen LogP contribution < -0.4 is 10.1 Å². The second-order valence-corrected chi connectivity index (χ2v) is 9.43. The van der Waals surface area contributed by atoms with Crippen LogP contribution in [0, 0.1) is 5.92 Å². The third-order valence-corrected chi connectivity index (χ3v) is 7.26. The first-order valence-electron chi connectivity index (χ1n) is 11.9. The van der Waals surface area contributed by atoms with E-state index in [1.165, 1.54) is 0 Å². The predicted octanol–water partition coefficient (Wildman–Crippen LogP) is 2.23. The van der Waals surface area contributed by atoms with Gasteiger partial charge in [0.15, 0.2) is 0 Å². The number of piperidine rings is 2. The fraction of sp³-hybridized carbons (Fsp3) is 0.560. The lowest BCUT2D eigenvalue weighted by atomic mass is 9.99. The topological polar surface area (TPSA) is 88.2 Å². The smallest absolute Gasteiger partial charge is 0.255 e. The molecule has 3 amide bonds. The molecular formula is C25H31N3O5. The van der Waals surface area contributed by atoms with Gasteiger partial charge in [-0.15, -0.1) is 0 Å². The second kappa shape index (κ2) is 9.17. The highest BCUT2D eigenvalue weighted by molar-refractivity contribution is 5.99. The van der Waals surface area contributed by atoms with Crippen molar-refractivity contribution in [2.24, 2.45) is 5.92 Å². The van der Waals surface area contributed by atoms with Crippen LogP contribution in [-0.2, 0) is 20.9 Å². The number of likely N-dealkylation sites (tertiary alicyclic amines) is 1. The molecule has 0 aromatic heterocycles. The minimum atomic E-state index is -0.187. The Hall–Kier alpha value is -2.87. The quantitative estimate of drug-likeness (QED) is 0.739. The number of rotatable bonds is 5. The molecule has 4 aliphatic heterocycles. The SMILES string of the molecule is C=C1NC(=O)CCC1N1Cc2cc(OC[C@H]3CCCCN3C(=O)[C@H]3CCOC3)ccc2C1=O. The molecular weight excluding hydrogens is 422 g/mol. The van der Waals surface area contributed by atoms with Crippen LogP contribution in [0.1, 0.15) is 54.4 Å². The van der Waals surface area contributed by atoms with Crippen molar-refractivity contribution in [1.82, 2.24) is 15.1 Å². The summed E-state index contributed by atoms with van der Waals surface area (Å²) in [6.07, 6.45) is 4.84. The summed E-state index contributed by atoms with van der Waals surface area (Å²) in [6, 6.07) is 5.45. The molecule has 3 atom stereocenters. The minimum Gasteiger partial charge on any atom is -0.491 e. The molecule has 8 heteroatoms. The Labute approximate surface area is 193 Å². The Bertz CT molecular complexity index is 971. The van der Waals surface area contributed by atoms with Gasteiger partial charge in [0.1, 0.15) is 12.4 Å². The van der Waals surface area contributed by atoms with Gasteiger partial charge in [-0.05, 0) is 55.9 Å². The van der Waals surface area contributed by atoms with Gasteiger partial charge in [-0.1, -0.05) is 6.58 Å². The first-order valence-corrected chi connectivity index (χ1v) is 11.9. The lowest BCUT2D eigenvalue weighted by Gasteiger charge is -2.37. The van der Waals surface area contributed by atoms with Crippen LogP contribution in [0.15, 0.2) is 30.5 Å². The van der Waals surface area contributed by atoms with Crippen molar-refractivity contribution in [3.8, 4) is 5.75 Å². The summed E-state index contributed by atoms with van der Waals surface area (Å²) >= 11 is 0. The molecule has 5 rings (SSSR count). The maximum Gasteiger partial charge on any atom is 0.255 e. The monoisotopic (exact) mass is 453 g/mol. The molecule has 4 heterocycles. The van der Waals surface area contributed by atoms with Crippen LogP contribution in [0.2, 0.25) is 0 Å². The van der Waals surface area contributed by atoms with Crippen LogP contribution in [0.4, 0.5) is 0 Å². The zero-order chi connectivity index (χ0) is 22.9. The van der Waals surface area contributed by atoms with Crippen LogP contribution in [-0.4, -0.2) is 66.0 Å². The highest BCUT2D eigenvalue weighted by Gasteiger charge is 2.37. The van der Waals surface area contributed by atoms with E-state index in [9.17, 15) is 14.4 Å². The maximum absolute atomic E-state index is 13.0. The fourth-order valence-electron chi connectivity index (χ4n) is 5.39. The zero-order valence-electron chi connectivity index (χ0n) is 18.9. The average molecular weight is 454 g/mol. The molecule has 176 valence electrons. The van der Waals surface area contributed by atoms with Gasteiger partial charge in [-0.3, -0.25) is 14.4 Å². The third kappa shape index (κ3) is 4.36. The van der Waals surface area contributed by atoms with E-state index >= 15 is 0 Å². The molecule has 0 aliphatic carbocycles. The predicted molar refractivity (Wildman–Crippen MR) is 120 cm³/mol. The van der Waals surface area contributed by atoms with Crippen molar-refractivity contribution in [3.05, 3.63) is 41.6 Å². The van der Waals surface area contributed by atoms with Gasteiger partial charge in [0.25, 0.3) is 5.91 Å². The number of amides is 3. The van der Waals surface area contributed by atoms with E-state index in [-0.39, 0.29) is 35.7 Å². The van der Waals surface area contributed by atoms with Crippen molar-refractivity contribution in [2.45, 2.75) is 57.2 Å². The summed E-state index contributed by atoms with van der Waals surface area (Å²) in [5, 5.41) is 2.76.